The van der Waals surface area contributed by atoms with Gasteiger partial charge in [-0.3, -0.25) is 4.68 Å². The van der Waals surface area contributed by atoms with Crippen LogP contribution in [0.2, 0.25) is 5.02 Å². The molecule has 2 aromatic rings. The van der Waals surface area contributed by atoms with Crippen LogP contribution in [-0.4, -0.2) is 16.3 Å². The summed E-state index contributed by atoms with van der Waals surface area (Å²) in [6, 6.07) is 9.36. The van der Waals surface area contributed by atoms with Crippen LogP contribution in [-0.2, 0) is 13.5 Å². The maximum absolute atomic E-state index is 9.01. The standard InChI is InChI=1S/C13H13ClN4/c1-18-12(5-7-17-18)4-6-16-13-3-2-11(14)8-10(13)9-15/h2-3,5,7-8,16H,4,6H2,1H3. The first-order valence-electron chi connectivity index (χ1n) is 5.61. The van der Waals surface area contributed by atoms with Gasteiger partial charge >= 0.3 is 0 Å². The van der Waals surface area contributed by atoms with Crippen molar-refractivity contribution in [1.29, 1.82) is 5.26 Å². The second-order valence-electron chi connectivity index (χ2n) is 3.92. The summed E-state index contributed by atoms with van der Waals surface area (Å²) < 4.78 is 1.84. The molecule has 0 atom stereocenters. The fourth-order valence-corrected chi connectivity index (χ4v) is 1.91. The Bertz CT molecular complexity index is 583. The third-order valence-corrected chi connectivity index (χ3v) is 2.96. The zero-order valence-corrected chi connectivity index (χ0v) is 10.8. The van der Waals surface area contributed by atoms with E-state index in [1.54, 1.807) is 18.3 Å². The number of hydrogen-bond acceptors (Lipinski definition) is 3. The van der Waals surface area contributed by atoms with Gasteiger partial charge in [-0.2, -0.15) is 10.4 Å². The highest BCUT2D eigenvalue weighted by molar-refractivity contribution is 6.30. The summed E-state index contributed by atoms with van der Waals surface area (Å²) >= 11 is 5.84. The molecule has 4 nitrogen and oxygen atoms in total. The molecule has 0 aliphatic heterocycles. The van der Waals surface area contributed by atoms with Crippen molar-refractivity contribution >= 4 is 17.3 Å². The van der Waals surface area contributed by atoms with Gasteiger partial charge in [0, 0.05) is 36.9 Å². The highest BCUT2D eigenvalue weighted by Gasteiger charge is 2.03. The molecule has 0 unspecified atom stereocenters. The molecule has 0 bridgehead atoms. The van der Waals surface area contributed by atoms with E-state index < -0.39 is 0 Å². The minimum absolute atomic E-state index is 0.563. The number of nitrogens with zero attached hydrogens (tertiary/aromatic N) is 3. The van der Waals surface area contributed by atoms with Crippen LogP contribution in [0.3, 0.4) is 0 Å². The second kappa shape index (κ2) is 5.56. The molecule has 18 heavy (non-hydrogen) atoms. The van der Waals surface area contributed by atoms with E-state index in [0.717, 1.165) is 24.3 Å². The Morgan fingerprint density at radius 1 is 1.44 bits per heavy atom. The van der Waals surface area contributed by atoms with E-state index in [1.807, 2.05) is 23.9 Å². The first-order valence-corrected chi connectivity index (χ1v) is 5.99. The fourth-order valence-electron chi connectivity index (χ4n) is 1.73. The van der Waals surface area contributed by atoms with Crippen molar-refractivity contribution in [1.82, 2.24) is 9.78 Å². The van der Waals surface area contributed by atoms with E-state index >= 15 is 0 Å². The summed E-state index contributed by atoms with van der Waals surface area (Å²) in [5, 5.41) is 16.9. The lowest BCUT2D eigenvalue weighted by atomic mass is 10.2. The predicted molar refractivity (Wildman–Crippen MR) is 71.6 cm³/mol. The largest absolute Gasteiger partial charge is 0.384 e. The predicted octanol–water partition coefficient (Wildman–Crippen LogP) is 2.60. The second-order valence-corrected chi connectivity index (χ2v) is 4.36. The van der Waals surface area contributed by atoms with Crippen LogP contribution in [0, 0.1) is 11.3 Å². The molecule has 0 radical (unpaired) electrons. The minimum atomic E-state index is 0.563. The van der Waals surface area contributed by atoms with Gasteiger partial charge in [-0.1, -0.05) is 11.6 Å². The average Bonchev–Trinajstić information content (AvgIpc) is 2.77. The number of nitrogens with one attached hydrogen (secondary N) is 1. The van der Waals surface area contributed by atoms with Gasteiger partial charge in [0.05, 0.1) is 11.3 Å². The van der Waals surface area contributed by atoms with E-state index in [2.05, 4.69) is 16.5 Å². The van der Waals surface area contributed by atoms with Crippen molar-refractivity contribution in [3.05, 3.63) is 46.7 Å². The van der Waals surface area contributed by atoms with E-state index in [0.29, 0.717) is 10.6 Å². The number of aromatic nitrogens is 2. The van der Waals surface area contributed by atoms with Gasteiger partial charge in [-0.25, -0.2) is 0 Å². The number of hydrogen-bond donors (Lipinski definition) is 1. The molecule has 0 aliphatic rings. The Balaban J connectivity index is 1.99. The van der Waals surface area contributed by atoms with Crippen LogP contribution >= 0.6 is 11.6 Å². The van der Waals surface area contributed by atoms with Gasteiger partial charge in [0.2, 0.25) is 0 Å². The van der Waals surface area contributed by atoms with Crippen molar-refractivity contribution < 1.29 is 0 Å². The highest BCUT2D eigenvalue weighted by atomic mass is 35.5. The summed E-state index contributed by atoms with van der Waals surface area (Å²) in [5.41, 5.74) is 2.52. The third-order valence-electron chi connectivity index (χ3n) is 2.72. The lowest BCUT2D eigenvalue weighted by molar-refractivity contribution is 0.711. The van der Waals surface area contributed by atoms with Crippen LogP contribution in [0.5, 0.6) is 0 Å². The Kier molecular flexibility index (Phi) is 3.85. The van der Waals surface area contributed by atoms with Crippen molar-refractivity contribution in [2.75, 3.05) is 11.9 Å². The number of aryl methyl sites for hydroxylation is 1. The highest BCUT2D eigenvalue weighted by Crippen LogP contribution is 2.19. The molecule has 2 rings (SSSR count). The number of anilines is 1. The van der Waals surface area contributed by atoms with Crippen LogP contribution in [0.4, 0.5) is 5.69 Å². The van der Waals surface area contributed by atoms with Gasteiger partial charge in [-0.05, 0) is 24.3 Å². The number of benzene rings is 1. The molecule has 0 saturated carbocycles. The molecule has 0 amide bonds. The number of rotatable bonds is 4. The molecule has 0 spiro atoms. The quantitative estimate of drug-likeness (QED) is 0.919. The Labute approximate surface area is 111 Å². The minimum Gasteiger partial charge on any atom is -0.384 e. The first kappa shape index (κ1) is 12.5. The normalized spacial score (nSPS) is 10.1. The van der Waals surface area contributed by atoms with Gasteiger partial charge < -0.3 is 5.32 Å². The van der Waals surface area contributed by atoms with E-state index in [-0.39, 0.29) is 0 Å². The van der Waals surface area contributed by atoms with E-state index in [1.165, 1.54) is 0 Å². The molecular formula is C13H13ClN4. The maximum Gasteiger partial charge on any atom is 0.101 e. The lowest BCUT2D eigenvalue weighted by Gasteiger charge is -2.08. The van der Waals surface area contributed by atoms with Crippen LogP contribution < -0.4 is 5.32 Å². The molecular weight excluding hydrogens is 248 g/mol. The molecule has 0 aliphatic carbocycles. The van der Waals surface area contributed by atoms with Crippen LogP contribution in [0.25, 0.3) is 0 Å². The zero-order valence-electron chi connectivity index (χ0n) is 10.0. The lowest BCUT2D eigenvalue weighted by Crippen LogP contribution is -2.09. The Morgan fingerprint density at radius 2 is 2.28 bits per heavy atom. The molecule has 5 heteroatoms. The molecule has 92 valence electrons. The Hall–Kier alpha value is -1.99. The smallest absolute Gasteiger partial charge is 0.101 e. The topological polar surface area (TPSA) is 53.6 Å². The van der Waals surface area contributed by atoms with Gasteiger partial charge in [0.1, 0.15) is 6.07 Å². The zero-order chi connectivity index (χ0) is 13.0. The maximum atomic E-state index is 9.01. The van der Waals surface area contributed by atoms with E-state index in [4.69, 9.17) is 16.9 Å². The monoisotopic (exact) mass is 260 g/mol. The first-order chi connectivity index (χ1) is 8.70. The van der Waals surface area contributed by atoms with Gasteiger partial charge in [0.15, 0.2) is 0 Å². The molecule has 1 heterocycles. The van der Waals surface area contributed by atoms with Crippen molar-refractivity contribution in [2.24, 2.45) is 7.05 Å². The summed E-state index contributed by atoms with van der Waals surface area (Å²) in [6.07, 6.45) is 2.63. The summed E-state index contributed by atoms with van der Waals surface area (Å²) in [6.45, 7) is 0.746. The third kappa shape index (κ3) is 2.82. The fraction of sp³-hybridized carbons (Fsp3) is 0.231. The molecule has 1 aromatic heterocycles. The molecule has 0 fully saturated rings. The van der Waals surface area contributed by atoms with Crippen molar-refractivity contribution in [2.45, 2.75) is 6.42 Å². The van der Waals surface area contributed by atoms with Crippen molar-refractivity contribution in [3.8, 4) is 6.07 Å². The Morgan fingerprint density at radius 3 is 2.94 bits per heavy atom. The van der Waals surface area contributed by atoms with E-state index in [9.17, 15) is 0 Å². The average molecular weight is 261 g/mol. The molecule has 1 aromatic carbocycles. The summed E-state index contributed by atoms with van der Waals surface area (Å²) in [4.78, 5) is 0. The summed E-state index contributed by atoms with van der Waals surface area (Å²) in [7, 11) is 1.92. The van der Waals surface area contributed by atoms with Crippen LogP contribution in [0.15, 0.2) is 30.5 Å². The molecule has 1 N–H and O–H groups in total. The van der Waals surface area contributed by atoms with Crippen molar-refractivity contribution in [3.63, 3.8) is 0 Å². The van der Waals surface area contributed by atoms with Gasteiger partial charge in [-0.15, -0.1) is 0 Å². The van der Waals surface area contributed by atoms with Crippen LogP contribution in [0.1, 0.15) is 11.3 Å². The van der Waals surface area contributed by atoms with Gasteiger partial charge in [0.25, 0.3) is 0 Å². The number of nitriles is 1. The summed E-state index contributed by atoms with van der Waals surface area (Å²) in [5.74, 6) is 0. The molecule has 0 saturated heterocycles. The SMILES string of the molecule is Cn1nccc1CCNc1ccc(Cl)cc1C#N. The number of halogens is 1.